The van der Waals surface area contributed by atoms with Gasteiger partial charge in [-0.05, 0) is 47.9 Å². The van der Waals surface area contributed by atoms with E-state index in [4.69, 9.17) is 5.73 Å². The summed E-state index contributed by atoms with van der Waals surface area (Å²) in [6.07, 6.45) is -4.26. The third kappa shape index (κ3) is 5.29. The zero-order valence-electron chi connectivity index (χ0n) is 13.5. The number of carbonyl (C=O) groups is 1. The summed E-state index contributed by atoms with van der Waals surface area (Å²) in [7, 11) is 0. The van der Waals surface area contributed by atoms with E-state index in [1.165, 1.54) is 24.3 Å². The highest BCUT2D eigenvalue weighted by atomic mass is 19.4. The fourth-order valence-corrected chi connectivity index (χ4v) is 2.42. The lowest BCUT2D eigenvalue weighted by atomic mass is 10.00. The first-order valence-corrected chi connectivity index (χ1v) is 7.65. The van der Waals surface area contributed by atoms with Crippen LogP contribution in [0.1, 0.15) is 23.6 Å². The third-order valence-electron chi connectivity index (χ3n) is 3.70. The summed E-state index contributed by atoms with van der Waals surface area (Å²) in [6.45, 7) is 1.54. The van der Waals surface area contributed by atoms with E-state index >= 15 is 0 Å². The van der Waals surface area contributed by atoms with Crippen molar-refractivity contribution in [1.82, 2.24) is 0 Å². The van der Waals surface area contributed by atoms with Gasteiger partial charge in [0.25, 0.3) is 0 Å². The van der Waals surface area contributed by atoms with Gasteiger partial charge in [0.15, 0.2) is 0 Å². The molecule has 0 aromatic heterocycles. The van der Waals surface area contributed by atoms with Crippen LogP contribution in [0.2, 0.25) is 0 Å². The molecule has 2 aromatic carbocycles. The van der Waals surface area contributed by atoms with Crippen LogP contribution in [-0.2, 0) is 23.9 Å². The van der Waals surface area contributed by atoms with Crippen molar-refractivity contribution in [3.63, 3.8) is 0 Å². The molecule has 0 radical (unpaired) electrons. The Kier molecular flexibility index (Phi) is 5.79. The number of alkyl halides is 3. The normalized spacial score (nSPS) is 12.7. The van der Waals surface area contributed by atoms with Crippen molar-refractivity contribution in [2.75, 3.05) is 5.32 Å². The highest BCUT2D eigenvalue weighted by molar-refractivity contribution is 5.92. The van der Waals surface area contributed by atoms with Gasteiger partial charge >= 0.3 is 6.18 Å². The van der Waals surface area contributed by atoms with Gasteiger partial charge < -0.3 is 11.1 Å². The Labute approximate surface area is 142 Å². The lowest BCUT2D eigenvalue weighted by molar-refractivity contribution is -0.137. The second-order valence-electron chi connectivity index (χ2n) is 5.84. The second-order valence-corrected chi connectivity index (χ2v) is 5.84. The van der Waals surface area contributed by atoms with Gasteiger partial charge in [0, 0.05) is 18.2 Å². The highest BCUT2D eigenvalue weighted by Crippen LogP contribution is 2.32. The number of amides is 1. The average molecular weight is 354 g/mol. The minimum atomic E-state index is -4.53. The molecule has 0 aliphatic heterocycles. The maximum atomic E-state index is 13.2. The van der Waals surface area contributed by atoms with Gasteiger partial charge in [-0.2, -0.15) is 13.2 Å². The lowest BCUT2D eigenvalue weighted by Crippen LogP contribution is -2.22. The maximum absolute atomic E-state index is 13.2. The Bertz CT molecular complexity index is 759. The molecule has 1 amide bonds. The fourth-order valence-electron chi connectivity index (χ4n) is 2.42. The fraction of sp³-hybridized carbons (Fsp3) is 0.278. The third-order valence-corrected chi connectivity index (χ3v) is 3.70. The first-order chi connectivity index (χ1) is 11.7. The molecule has 0 heterocycles. The monoisotopic (exact) mass is 354 g/mol. The molecule has 0 aliphatic rings. The van der Waals surface area contributed by atoms with Crippen molar-refractivity contribution in [1.29, 1.82) is 0 Å². The Hall–Kier alpha value is -2.41. The first kappa shape index (κ1) is 18.9. The summed E-state index contributed by atoms with van der Waals surface area (Å²) in [5.41, 5.74) is 5.48. The highest BCUT2D eigenvalue weighted by Gasteiger charge is 2.31. The lowest BCUT2D eigenvalue weighted by Gasteiger charge is -2.15. The Morgan fingerprint density at radius 1 is 1.16 bits per heavy atom. The van der Waals surface area contributed by atoms with Crippen LogP contribution >= 0.6 is 0 Å². The van der Waals surface area contributed by atoms with Crippen molar-refractivity contribution in [2.24, 2.45) is 11.7 Å². The van der Waals surface area contributed by atoms with E-state index in [9.17, 15) is 22.4 Å². The van der Waals surface area contributed by atoms with E-state index in [1.54, 1.807) is 13.0 Å². The molecule has 7 heteroatoms. The van der Waals surface area contributed by atoms with Crippen LogP contribution in [-0.4, -0.2) is 5.91 Å². The molecule has 0 fully saturated rings. The number of halogens is 4. The van der Waals surface area contributed by atoms with Gasteiger partial charge in [0.2, 0.25) is 5.91 Å². The second kappa shape index (κ2) is 7.65. The smallest absolute Gasteiger partial charge is 0.326 e. The molecule has 3 nitrogen and oxygen atoms in total. The van der Waals surface area contributed by atoms with Crippen LogP contribution in [0.4, 0.5) is 23.2 Å². The molecule has 1 unspecified atom stereocenters. The molecule has 1 atom stereocenters. The number of nitrogens with two attached hydrogens (primary N) is 1. The van der Waals surface area contributed by atoms with Gasteiger partial charge in [0.05, 0.1) is 5.56 Å². The van der Waals surface area contributed by atoms with Crippen molar-refractivity contribution < 1.29 is 22.4 Å². The number of hydrogen-bond acceptors (Lipinski definition) is 2. The van der Waals surface area contributed by atoms with Gasteiger partial charge in [-0.1, -0.05) is 19.1 Å². The molecule has 2 aromatic rings. The number of anilines is 1. The topological polar surface area (TPSA) is 55.1 Å². The molecular formula is C18H18F4N2O. The Morgan fingerprint density at radius 3 is 2.48 bits per heavy atom. The first-order valence-electron chi connectivity index (χ1n) is 7.65. The van der Waals surface area contributed by atoms with E-state index in [0.29, 0.717) is 5.56 Å². The van der Waals surface area contributed by atoms with Gasteiger partial charge in [-0.25, -0.2) is 4.39 Å². The van der Waals surface area contributed by atoms with E-state index < -0.39 is 29.4 Å². The van der Waals surface area contributed by atoms with Crippen LogP contribution < -0.4 is 11.1 Å². The molecule has 0 aliphatic carbocycles. The molecule has 0 saturated heterocycles. The molecule has 0 bridgehead atoms. The molecule has 3 N–H and O–H groups in total. The predicted octanol–water partition coefficient (Wildman–Crippen LogP) is 4.12. The molecule has 0 spiro atoms. The van der Waals surface area contributed by atoms with Gasteiger partial charge in [-0.3, -0.25) is 4.79 Å². The number of nitrogens with one attached hydrogen (secondary N) is 1. The zero-order chi connectivity index (χ0) is 18.6. The van der Waals surface area contributed by atoms with Crippen molar-refractivity contribution in [3.05, 3.63) is 65.0 Å². The van der Waals surface area contributed by atoms with E-state index in [-0.39, 0.29) is 24.2 Å². The molecule has 134 valence electrons. The minimum absolute atomic E-state index is 0.0337. The summed E-state index contributed by atoms with van der Waals surface area (Å²) in [5.74, 6) is -1.40. The zero-order valence-corrected chi connectivity index (χ0v) is 13.5. The molecule has 2 rings (SSSR count). The average Bonchev–Trinajstić information content (AvgIpc) is 2.53. The number of rotatable bonds is 5. The van der Waals surface area contributed by atoms with Crippen LogP contribution in [0.3, 0.4) is 0 Å². The molecule has 0 saturated carbocycles. The van der Waals surface area contributed by atoms with Gasteiger partial charge in [0.1, 0.15) is 5.82 Å². The van der Waals surface area contributed by atoms with Gasteiger partial charge in [-0.15, -0.1) is 0 Å². The van der Waals surface area contributed by atoms with Crippen molar-refractivity contribution in [3.8, 4) is 0 Å². The van der Waals surface area contributed by atoms with Crippen LogP contribution in [0.25, 0.3) is 0 Å². The minimum Gasteiger partial charge on any atom is -0.326 e. The van der Waals surface area contributed by atoms with Crippen LogP contribution in [0.5, 0.6) is 0 Å². The molecule has 25 heavy (non-hydrogen) atoms. The van der Waals surface area contributed by atoms with Crippen molar-refractivity contribution in [2.45, 2.75) is 26.1 Å². The maximum Gasteiger partial charge on any atom is 0.416 e. The van der Waals surface area contributed by atoms with E-state index in [2.05, 4.69) is 5.32 Å². The number of carbonyl (C=O) groups excluding carboxylic acids is 1. The number of hydrogen-bond donors (Lipinski definition) is 2. The van der Waals surface area contributed by atoms with Crippen molar-refractivity contribution >= 4 is 11.6 Å². The Balaban J connectivity index is 2.13. The summed E-state index contributed by atoms with van der Waals surface area (Å²) in [6, 6.07) is 9.06. The van der Waals surface area contributed by atoms with Crippen LogP contribution in [0.15, 0.2) is 42.5 Å². The summed E-state index contributed by atoms with van der Waals surface area (Å²) in [5, 5.41) is 2.48. The Morgan fingerprint density at radius 2 is 1.88 bits per heavy atom. The van der Waals surface area contributed by atoms with E-state index in [1.807, 2.05) is 0 Å². The summed E-state index contributed by atoms with van der Waals surface area (Å²) >= 11 is 0. The largest absolute Gasteiger partial charge is 0.416 e. The van der Waals surface area contributed by atoms with Crippen LogP contribution in [0, 0.1) is 11.7 Å². The molecular weight excluding hydrogens is 336 g/mol. The summed E-state index contributed by atoms with van der Waals surface area (Å²) in [4.78, 5) is 12.2. The number of benzene rings is 2. The SMILES string of the molecule is CC(Cc1cccc(F)c1)C(=O)Nc1cc(CN)cc(C(F)(F)F)c1. The standard InChI is InChI=1S/C18H18F4N2O/c1-11(5-12-3-2-4-15(19)7-12)17(25)24-16-8-13(10-23)6-14(9-16)18(20,21)22/h2-4,6-9,11H,5,10,23H2,1H3,(H,24,25). The predicted molar refractivity (Wildman–Crippen MR) is 87.2 cm³/mol. The summed E-state index contributed by atoms with van der Waals surface area (Å²) < 4.78 is 51.9. The quantitative estimate of drug-likeness (QED) is 0.794. The van der Waals surface area contributed by atoms with E-state index in [0.717, 1.165) is 12.1 Å².